The zero-order chi connectivity index (χ0) is 34.6. The summed E-state index contributed by atoms with van der Waals surface area (Å²) in [5.74, 6) is 0.488. The van der Waals surface area contributed by atoms with Gasteiger partial charge in [0, 0.05) is 11.8 Å². The number of aryl methyl sites for hydroxylation is 1. The number of unbranched alkanes of at least 4 members (excludes halogenated alkanes) is 12. The minimum absolute atomic E-state index is 0.00701. The molecule has 11 heteroatoms. The van der Waals surface area contributed by atoms with Gasteiger partial charge in [-0.25, -0.2) is 8.42 Å². The van der Waals surface area contributed by atoms with Gasteiger partial charge in [0.15, 0.2) is 11.9 Å². The van der Waals surface area contributed by atoms with Crippen LogP contribution in [-0.4, -0.2) is 44.6 Å². The van der Waals surface area contributed by atoms with Gasteiger partial charge >= 0.3 is 6.01 Å². The first-order chi connectivity index (χ1) is 23.3. The smallest absolute Gasteiger partial charge is 0.321 e. The predicted octanol–water partition coefficient (Wildman–Crippen LogP) is 8.72. The zero-order valence-electron chi connectivity index (χ0n) is 29.1. The molecule has 264 valence electrons. The summed E-state index contributed by atoms with van der Waals surface area (Å²) >= 11 is 0. The molecule has 0 bridgehead atoms. The highest BCUT2D eigenvalue weighted by molar-refractivity contribution is 7.92. The van der Waals surface area contributed by atoms with Gasteiger partial charge < -0.3 is 19.5 Å². The predicted molar refractivity (Wildman–Crippen MR) is 192 cm³/mol. The van der Waals surface area contributed by atoms with Gasteiger partial charge in [-0.2, -0.15) is 9.97 Å². The highest BCUT2D eigenvalue weighted by Crippen LogP contribution is 2.23. The summed E-state index contributed by atoms with van der Waals surface area (Å²) in [6.45, 7) is 4.15. The number of anilines is 2. The topological polar surface area (TPSA) is 129 Å². The van der Waals surface area contributed by atoms with E-state index >= 15 is 0 Å². The molecule has 48 heavy (non-hydrogen) atoms. The first-order valence-electron chi connectivity index (χ1n) is 17.4. The number of methoxy groups -OCH3 is 2. The molecule has 3 rings (SSSR count). The molecule has 0 aliphatic rings. The van der Waals surface area contributed by atoms with Crippen molar-refractivity contribution in [2.45, 2.75) is 121 Å². The Labute approximate surface area is 287 Å². The second kappa shape index (κ2) is 21.2. The Kier molecular flexibility index (Phi) is 17.0. The van der Waals surface area contributed by atoms with Crippen molar-refractivity contribution in [3.05, 3.63) is 60.2 Å². The summed E-state index contributed by atoms with van der Waals surface area (Å²) in [5.41, 5.74) is 1.65. The Balaban J connectivity index is 1.42. The van der Waals surface area contributed by atoms with Gasteiger partial charge in [0.05, 0.1) is 19.1 Å². The van der Waals surface area contributed by atoms with Gasteiger partial charge in [-0.3, -0.25) is 9.52 Å². The Morgan fingerprint density at radius 1 is 0.771 bits per heavy atom. The van der Waals surface area contributed by atoms with Crippen molar-refractivity contribution < 1.29 is 27.4 Å². The molecule has 1 unspecified atom stereocenters. The second-order valence-electron chi connectivity index (χ2n) is 12.1. The molecule has 10 nitrogen and oxygen atoms in total. The summed E-state index contributed by atoms with van der Waals surface area (Å²) in [5, 5.41) is 2.83. The molecular formula is C37H54N4O6S. The van der Waals surface area contributed by atoms with Crippen molar-refractivity contribution in [3.63, 3.8) is 0 Å². The largest absolute Gasteiger partial charge is 0.481 e. The third-order valence-corrected chi connectivity index (χ3v) is 9.52. The van der Waals surface area contributed by atoms with E-state index in [9.17, 15) is 13.2 Å². The Hall–Kier alpha value is -3.86. The van der Waals surface area contributed by atoms with Gasteiger partial charge in [0.1, 0.15) is 5.75 Å². The van der Waals surface area contributed by atoms with Crippen molar-refractivity contribution in [1.29, 1.82) is 0 Å². The molecule has 1 heterocycles. The average Bonchev–Trinajstić information content (AvgIpc) is 3.09. The van der Waals surface area contributed by atoms with E-state index in [1.165, 1.54) is 127 Å². The average molecular weight is 683 g/mol. The number of rotatable bonds is 24. The third-order valence-electron chi connectivity index (χ3n) is 8.15. The molecule has 0 aliphatic carbocycles. The van der Waals surface area contributed by atoms with E-state index in [1.807, 2.05) is 25.1 Å². The lowest BCUT2D eigenvalue weighted by atomic mass is 10.0. The van der Waals surface area contributed by atoms with E-state index in [2.05, 4.69) is 33.0 Å². The number of aromatic nitrogens is 2. The van der Waals surface area contributed by atoms with Crippen molar-refractivity contribution in [3.8, 4) is 17.6 Å². The fourth-order valence-corrected chi connectivity index (χ4v) is 6.39. The van der Waals surface area contributed by atoms with E-state index in [4.69, 9.17) is 14.2 Å². The number of carbonyl (C=O) groups is 1. The molecule has 1 aromatic heterocycles. The third kappa shape index (κ3) is 13.7. The van der Waals surface area contributed by atoms with Crippen LogP contribution in [0.1, 0.15) is 109 Å². The summed E-state index contributed by atoms with van der Waals surface area (Å²) in [4.78, 5) is 21.0. The molecule has 0 saturated heterocycles. The van der Waals surface area contributed by atoms with Crippen LogP contribution in [0.2, 0.25) is 0 Å². The summed E-state index contributed by atoms with van der Waals surface area (Å²) in [6, 6.07) is 15.1. The number of sulfonamides is 1. The summed E-state index contributed by atoms with van der Waals surface area (Å²) in [7, 11) is -1.21. The van der Waals surface area contributed by atoms with E-state index in [1.54, 1.807) is 0 Å². The fraction of sp³-hybridized carbons (Fsp3) is 0.541. The van der Waals surface area contributed by atoms with Gasteiger partial charge in [0.2, 0.25) is 5.88 Å². The second-order valence-corrected chi connectivity index (χ2v) is 13.7. The Bertz CT molecular complexity index is 1460. The maximum atomic E-state index is 13.1. The molecule has 2 N–H and O–H groups in total. The number of nitrogens with zero attached hydrogens (tertiary/aromatic N) is 2. The maximum Gasteiger partial charge on any atom is 0.321 e. The lowest BCUT2D eigenvalue weighted by Crippen LogP contribution is -2.32. The molecule has 0 spiro atoms. The minimum Gasteiger partial charge on any atom is -0.481 e. The highest BCUT2D eigenvalue weighted by atomic mass is 32.2. The monoisotopic (exact) mass is 682 g/mol. The van der Waals surface area contributed by atoms with Crippen LogP contribution in [0.5, 0.6) is 17.6 Å². The number of hydrogen-bond acceptors (Lipinski definition) is 8. The molecule has 1 amide bonds. The lowest BCUT2D eigenvalue weighted by Gasteiger charge is -2.18. The Morgan fingerprint density at radius 3 is 1.98 bits per heavy atom. The van der Waals surface area contributed by atoms with E-state index in [0.29, 0.717) is 17.9 Å². The van der Waals surface area contributed by atoms with Gasteiger partial charge in [-0.15, -0.1) is 0 Å². The maximum absolute atomic E-state index is 13.1. The van der Waals surface area contributed by atoms with E-state index < -0.39 is 16.1 Å². The molecule has 0 aliphatic heterocycles. The van der Waals surface area contributed by atoms with Crippen molar-refractivity contribution >= 4 is 27.4 Å². The van der Waals surface area contributed by atoms with Crippen LogP contribution in [0.3, 0.4) is 0 Å². The van der Waals surface area contributed by atoms with Crippen molar-refractivity contribution in [2.75, 3.05) is 24.3 Å². The van der Waals surface area contributed by atoms with Crippen LogP contribution >= 0.6 is 0 Å². The number of hydrogen-bond donors (Lipinski definition) is 2. The van der Waals surface area contributed by atoms with Gasteiger partial charge in [-0.05, 0) is 61.2 Å². The summed E-state index contributed by atoms with van der Waals surface area (Å²) in [6.07, 6.45) is 18.1. The SMILES string of the molecule is CCCCCCCCCCCCCCCc1cccc(OC(CC)C(=O)Nc2ccc(S(=O)(=O)Nc3cc(OC)nc(OC)n3)cc2)c1. The standard InChI is InChI=1S/C37H54N4O6S/c1-5-7-8-9-10-11-12-13-14-15-16-17-18-20-29-21-19-22-31(27-29)47-33(6-2)36(42)38-30-23-25-32(26-24-30)48(43,44)41-34-28-35(45-3)40-37(39-34)46-4/h19,21-28,33H,5-18,20H2,1-4H3,(H,38,42)(H,39,40,41). The number of benzene rings is 2. The molecule has 2 aromatic carbocycles. The quantitative estimate of drug-likeness (QED) is 0.0898. The van der Waals surface area contributed by atoms with Crippen LogP contribution in [0.25, 0.3) is 0 Å². The minimum atomic E-state index is -3.98. The summed E-state index contributed by atoms with van der Waals surface area (Å²) < 4.78 is 44.5. The molecular weight excluding hydrogens is 628 g/mol. The van der Waals surface area contributed by atoms with E-state index in [-0.39, 0.29) is 28.5 Å². The normalized spacial score (nSPS) is 11.9. The first-order valence-corrected chi connectivity index (χ1v) is 18.9. The van der Waals surface area contributed by atoms with Crippen molar-refractivity contribution in [1.82, 2.24) is 9.97 Å². The number of carbonyl (C=O) groups excluding carboxylic acids is 1. The fourth-order valence-electron chi connectivity index (χ4n) is 5.40. The number of nitrogens with one attached hydrogen (secondary N) is 2. The van der Waals surface area contributed by atoms with Gasteiger partial charge in [-0.1, -0.05) is 103 Å². The van der Waals surface area contributed by atoms with Crippen LogP contribution < -0.4 is 24.2 Å². The lowest BCUT2D eigenvalue weighted by molar-refractivity contribution is -0.122. The molecule has 0 saturated carbocycles. The Morgan fingerprint density at radius 2 is 1.40 bits per heavy atom. The van der Waals surface area contributed by atoms with Crippen molar-refractivity contribution in [2.24, 2.45) is 0 Å². The molecule has 0 fully saturated rings. The van der Waals surface area contributed by atoms with Crippen LogP contribution in [0.15, 0.2) is 59.5 Å². The van der Waals surface area contributed by atoms with Gasteiger partial charge in [0.25, 0.3) is 15.9 Å². The van der Waals surface area contributed by atoms with Crippen LogP contribution in [0.4, 0.5) is 11.5 Å². The molecule has 1 atom stereocenters. The first kappa shape index (κ1) is 38.6. The van der Waals surface area contributed by atoms with Crippen LogP contribution in [-0.2, 0) is 21.2 Å². The number of ether oxygens (including phenoxy) is 3. The van der Waals surface area contributed by atoms with Crippen LogP contribution in [0, 0.1) is 0 Å². The zero-order valence-corrected chi connectivity index (χ0v) is 29.9. The number of amides is 1. The van der Waals surface area contributed by atoms with E-state index in [0.717, 1.165) is 12.8 Å². The molecule has 3 aromatic rings. The molecule has 0 radical (unpaired) electrons. The highest BCUT2D eigenvalue weighted by Gasteiger charge is 2.20.